The molecule has 0 fully saturated rings. The molecule has 0 atom stereocenters. The zero-order valence-corrected chi connectivity index (χ0v) is 11.9. The van der Waals surface area contributed by atoms with Crippen LogP contribution in [0.15, 0.2) is 46.9 Å². The molecule has 2 aromatic carbocycles. The van der Waals surface area contributed by atoms with E-state index in [0.717, 1.165) is 5.56 Å². The van der Waals surface area contributed by atoms with Gasteiger partial charge >= 0.3 is 0 Å². The Balaban J connectivity index is 2.18. The highest BCUT2D eigenvalue weighted by atomic mass is 79.9. The molecule has 2 rings (SSSR count). The molecule has 0 aliphatic carbocycles. The molecular formula is C15H12BrFO2. The summed E-state index contributed by atoms with van der Waals surface area (Å²) in [5, 5.41) is 0. The second-order valence-corrected chi connectivity index (χ2v) is 4.86. The summed E-state index contributed by atoms with van der Waals surface area (Å²) in [6, 6.07) is 12.6. The lowest BCUT2D eigenvalue weighted by molar-refractivity contribution is 0.101. The molecule has 0 spiro atoms. The van der Waals surface area contributed by atoms with Gasteiger partial charge in [-0.3, -0.25) is 4.79 Å². The van der Waals surface area contributed by atoms with E-state index in [9.17, 15) is 9.18 Å². The van der Waals surface area contributed by atoms with Gasteiger partial charge < -0.3 is 4.74 Å². The molecule has 2 nitrogen and oxygen atoms in total. The SMILES string of the molecule is CC(=O)c1ccc(OCc2ccccc2)c(Br)c1F. The molecule has 0 aliphatic heterocycles. The Bertz CT molecular complexity index is 597. The van der Waals surface area contributed by atoms with Crippen LogP contribution in [-0.4, -0.2) is 5.78 Å². The Morgan fingerprint density at radius 3 is 2.53 bits per heavy atom. The average Bonchev–Trinajstić information content (AvgIpc) is 2.41. The predicted molar refractivity (Wildman–Crippen MR) is 74.9 cm³/mol. The number of hydrogen-bond acceptors (Lipinski definition) is 2. The molecule has 0 N–H and O–H groups in total. The van der Waals surface area contributed by atoms with E-state index in [1.165, 1.54) is 13.0 Å². The van der Waals surface area contributed by atoms with Crippen molar-refractivity contribution < 1.29 is 13.9 Å². The predicted octanol–water partition coefficient (Wildman–Crippen LogP) is 4.37. The number of hydrogen-bond donors (Lipinski definition) is 0. The molecule has 0 heterocycles. The van der Waals surface area contributed by atoms with Gasteiger partial charge in [0.25, 0.3) is 0 Å². The van der Waals surface area contributed by atoms with Gasteiger partial charge in [-0.1, -0.05) is 30.3 Å². The summed E-state index contributed by atoms with van der Waals surface area (Å²) in [6.07, 6.45) is 0. The van der Waals surface area contributed by atoms with Crippen LogP contribution in [0.1, 0.15) is 22.8 Å². The van der Waals surface area contributed by atoms with Crippen molar-refractivity contribution in [1.29, 1.82) is 0 Å². The molecule has 0 aliphatic rings. The average molecular weight is 323 g/mol. The first-order valence-electron chi connectivity index (χ1n) is 5.75. The van der Waals surface area contributed by atoms with Crippen LogP contribution in [0.2, 0.25) is 0 Å². The smallest absolute Gasteiger partial charge is 0.162 e. The third kappa shape index (κ3) is 3.20. The fourth-order valence-corrected chi connectivity index (χ4v) is 2.11. The van der Waals surface area contributed by atoms with Gasteiger partial charge in [-0.05, 0) is 40.5 Å². The summed E-state index contributed by atoms with van der Waals surface area (Å²) in [7, 11) is 0. The van der Waals surface area contributed by atoms with E-state index in [2.05, 4.69) is 15.9 Å². The zero-order valence-electron chi connectivity index (χ0n) is 10.3. The Labute approximate surface area is 119 Å². The Hall–Kier alpha value is -1.68. The number of Topliss-reactive ketones (excluding diaryl/α,β-unsaturated/α-hetero) is 1. The summed E-state index contributed by atoms with van der Waals surface area (Å²) in [4.78, 5) is 11.2. The van der Waals surface area contributed by atoms with Crippen molar-refractivity contribution in [2.24, 2.45) is 0 Å². The Morgan fingerprint density at radius 2 is 1.89 bits per heavy atom. The summed E-state index contributed by atoms with van der Waals surface area (Å²) >= 11 is 3.12. The van der Waals surface area contributed by atoms with Crippen LogP contribution >= 0.6 is 15.9 Å². The third-order valence-corrected chi connectivity index (χ3v) is 3.40. The number of ketones is 1. The van der Waals surface area contributed by atoms with Crippen molar-refractivity contribution in [3.63, 3.8) is 0 Å². The number of halogens is 2. The maximum absolute atomic E-state index is 13.9. The normalized spacial score (nSPS) is 10.3. The molecule has 98 valence electrons. The van der Waals surface area contributed by atoms with Crippen LogP contribution in [0, 0.1) is 5.82 Å². The minimum absolute atomic E-state index is 0.0546. The lowest BCUT2D eigenvalue weighted by Crippen LogP contribution is -2.01. The number of rotatable bonds is 4. The number of ether oxygens (including phenoxy) is 1. The number of carbonyl (C=O) groups is 1. The Morgan fingerprint density at radius 1 is 1.21 bits per heavy atom. The first kappa shape index (κ1) is 13.7. The number of benzene rings is 2. The molecule has 4 heteroatoms. The molecule has 0 amide bonds. The van der Waals surface area contributed by atoms with E-state index in [0.29, 0.717) is 12.4 Å². The first-order valence-corrected chi connectivity index (χ1v) is 6.54. The molecule has 0 saturated heterocycles. The second-order valence-electron chi connectivity index (χ2n) is 4.07. The molecule has 19 heavy (non-hydrogen) atoms. The standard InChI is InChI=1S/C15H12BrFO2/c1-10(18)12-7-8-13(14(16)15(12)17)19-9-11-5-3-2-4-6-11/h2-8H,9H2,1H3. The van der Waals surface area contributed by atoms with Gasteiger partial charge in [-0.25, -0.2) is 4.39 Å². The summed E-state index contributed by atoms with van der Waals surface area (Å²) < 4.78 is 19.6. The van der Waals surface area contributed by atoms with E-state index in [-0.39, 0.29) is 15.8 Å². The lowest BCUT2D eigenvalue weighted by Gasteiger charge is -2.10. The third-order valence-electron chi connectivity index (χ3n) is 2.66. The van der Waals surface area contributed by atoms with Gasteiger partial charge in [0.1, 0.15) is 12.4 Å². The zero-order chi connectivity index (χ0) is 13.8. The molecule has 0 saturated carbocycles. The van der Waals surface area contributed by atoms with Crippen LogP contribution in [-0.2, 0) is 6.61 Å². The van der Waals surface area contributed by atoms with Gasteiger partial charge in [0.15, 0.2) is 11.6 Å². The van der Waals surface area contributed by atoms with E-state index in [4.69, 9.17) is 4.74 Å². The van der Waals surface area contributed by atoms with Crippen molar-refractivity contribution in [3.05, 3.63) is 63.9 Å². The van der Waals surface area contributed by atoms with Crippen LogP contribution in [0.5, 0.6) is 5.75 Å². The molecule has 0 radical (unpaired) electrons. The van der Waals surface area contributed by atoms with Gasteiger partial charge in [0.05, 0.1) is 10.0 Å². The van der Waals surface area contributed by atoms with E-state index < -0.39 is 5.82 Å². The molecule has 0 bridgehead atoms. The van der Waals surface area contributed by atoms with Crippen molar-refractivity contribution in [2.45, 2.75) is 13.5 Å². The van der Waals surface area contributed by atoms with Crippen LogP contribution in [0.4, 0.5) is 4.39 Å². The largest absolute Gasteiger partial charge is 0.488 e. The van der Waals surface area contributed by atoms with E-state index >= 15 is 0 Å². The van der Waals surface area contributed by atoms with Crippen LogP contribution in [0.3, 0.4) is 0 Å². The molecule has 0 aromatic heterocycles. The maximum Gasteiger partial charge on any atom is 0.162 e. The molecule has 2 aromatic rings. The minimum Gasteiger partial charge on any atom is -0.488 e. The maximum atomic E-state index is 13.9. The Kier molecular flexibility index (Phi) is 4.32. The molecular weight excluding hydrogens is 311 g/mol. The highest BCUT2D eigenvalue weighted by Crippen LogP contribution is 2.30. The monoisotopic (exact) mass is 322 g/mol. The minimum atomic E-state index is -0.585. The summed E-state index contributed by atoms with van der Waals surface area (Å²) in [5.74, 6) is -0.516. The lowest BCUT2D eigenvalue weighted by atomic mass is 10.1. The van der Waals surface area contributed by atoms with Gasteiger partial charge in [0, 0.05) is 0 Å². The highest BCUT2D eigenvalue weighted by Gasteiger charge is 2.15. The quantitative estimate of drug-likeness (QED) is 0.781. The number of carbonyl (C=O) groups excluding carboxylic acids is 1. The van der Waals surface area contributed by atoms with Crippen molar-refractivity contribution >= 4 is 21.7 Å². The van der Waals surface area contributed by atoms with Crippen LogP contribution in [0.25, 0.3) is 0 Å². The van der Waals surface area contributed by atoms with E-state index in [1.807, 2.05) is 30.3 Å². The van der Waals surface area contributed by atoms with Gasteiger partial charge in [-0.15, -0.1) is 0 Å². The molecule has 0 unspecified atom stereocenters. The topological polar surface area (TPSA) is 26.3 Å². The van der Waals surface area contributed by atoms with Crippen molar-refractivity contribution in [2.75, 3.05) is 0 Å². The van der Waals surface area contributed by atoms with Crippen LogP contribution < -0.4 is 4.74 Å². The first-order chi connectivity index (χ1) is 9.09. The fourth-order valence-electron chi connectivity index (χ4n) is 1.65. The van der Waals surface area contributed by atoms with Gasteiger partial charge in [0.2, 0.25) is 0 Å². The van der Waals surface area contributed by atoms with Gasteiger partial charge in [-0.2, -0.15) is 0 Å². The highest BCUT2D eigenvalue weighted by molar-refractivity contribution is 9.10. The van der Waals surface area contributed by atoms with E-state index in [1.54, 1.807) is 6.07 Å². The van der Waals surface area contributed by atoms with Crippen molar-refractivity contribution in [1.82, 2.24) is 0 Å². The fraction of sp³-hybridized carbons (Fsp3) is 0.133. The van der Waals surface area contributed by atoms with Crippen molar-refractivity contribution in [3.8, 4) is 5.75 Å². The summed E-state index contributed by atoms with van der Waals surface area (Å²) in [5.41, 5.74) is 1.05. The second kappa shape index (κ2) is 5.97. The summed E-state index contributed by atoms with van der Waals surface area (Å²) in [6.45, 7) is 1.67.